The number of nitrogens with zero attached hydrogens (tertiary/aromatic N) is 3. The molecule has 0 aliphatic carbocycles. The molecule has 1 aromatic carbocycles. The topological polar surface area (TPSA) is 123 Å². The fraction of sp³-hybridized carbons (Fsp3) is 0.182. The summed E-state index contributed by atoms with van der Waals surface area (Å²) in [6, 6.07) is 8.79. The van der Waals surface area contributed by atoms with E-state index in [1.807, 2.05) is 19.9 Å². The van der Waals surface area contributed by atoms with Gasteiger partial charge in [-0.2, -0.15) is 5.10 Å². The van der Waals surface area contributed by atoms with Crippen LogP contribution in [0.1, 0.15) is 37.6 Å². The number of hydrogen-bond acceptors (Lipinski definition) is 7. The van der Waals surface area contributed by atoms with E-state index in [-0.39, 0.29) is 18.4 Å². The van der Waals surface area contributed by atoms with E-state index >= 15 is 0 Å². The summed E-state index contributed by atoms with van der Waals surface area (Å²) < 4.78 is 6.86. The van der Waals surface area contributed by atoms with Gasteiger partial charge < -0.3 is 15.1 Å². The molecule has 10 heteroatoms. The standard InChI is InChI=1S/C22H22N6O4/c1-13-6-7-15(21(29)27-31-3)9-18(13)26-20-19-14(2)17(11-28(19)25-12-24-20)22(30)23-10-16-5-4-8-32-16/h4-9,11-12H,10H2,1-3H3,(H,23,30)(H,27,29)(H,24,25,26). The highest BCUT2D eigenvalue weighted by molar-refractivity contribution is 5.99. The zero-order chi connectivity index (χ0) is 22.7. The lowest BCUT2D eigenvalue weighted by Crippen LogP contribution is -2.22. The molecule has 3 aromatic heterocycles. The number of rotatable bonds is 7. The van der Waals surface area contributed by atoms with Gasteiger partial charge in [-0.1, -0.05) is 6.07 Å². The molecule has 0 fully saturated rings. The quantitative estimate of drug-likeness (QED) is 0.382. The van der Waals surface area contributed by atoms with E-state index in [1.165, 1.54) is 13.4 Å². The number of anilines is 2. The Morgan fingerprint density at radius 2 is 2.03 bits per heavy atom. The van der Waals surface area contributed by atoms with Gasteiger partial charge in [0.05, 0.1) is 25.5 Å². The Balaban J connectivity index is 1.64. The third-order valence-electron chi connectivity index (χ3n) is 5.02. The molecule has 0 saturated carbocycles. The van der Waals surface area contributed by atoms with Crippen molar-refractivity contribution in [2.75, 3.05) is 12.4 Å². The predicted molar refractivity (Wildman–Crippen MR) is 117 cm³/mol. The van der Waals surface area contributed by atoms with Gasteiger partial charge in [0.2, 0.25) is 0 Å². The van der Waals surface area contributed by atoms with Crippen molar-refractivity contribution in [2.45, 2.75) is 20.4 Å². The van der Waals surface area contributed by atoms with Gasteiger partial charge in [-0.25, -0.2) is 15.0 Å². The highest BCUT2D eigenvalue weighted by Gasteiger charge is 2.19. The number of benzene rings is 1. The maximum Gasteiger partial charge on any atom is 0.274 e. The lowest BCUT2D eigenvalue weighted by atomic mass is 10.1. The van der Waals surface area contributed by atoms with Crippen LogP contribution < -0.4 is 16.1 Å². The highest BCUT2D eigenvalue weighted by Crippen LogP contribution is 2.27. The second-order valence-electron chi connectivity index (χ2n) is 7.12. The number of amides is 2. The number of carbonyl (C=O) groups excluding carboxylic acids is 2. The summed E-state index contributed by atoms with van der Waals surface area (Å²) in [4.78, 5) is 33.9. The summed E-state index contributed by atoms with van der Waals surface area (Å²) in [6.45, 7) is 4.03. The van der Waals surface area contributed by atoms with Gasteiger partial charge in [0.25, 0.3) is 11.8 Å². The summed E-state index contributed by atoms with van der Waals surface area (Å²) in [7, 11) is 1.38. The number of carbonyl (C=O) groups is 2. The van der Waals surface area contributed by atoms with E-state index in [4.69, 9.17) is 9.25 Å². The molecular formula is C22H22N6O4. The Labute approximate surface area is 183 Å². The van der Waals surface area contributed by atoms with Crippen LogP contribution >= 0.6 is 0 Å². The van der Waals surface area contributed by atoms with Crippen molar-refractivity contribution >= 4 is 28.8 Å². The third-order valence-corrected chi connectivity index (χ3v) is 5.02. The summed E-state index contributed by atoms with van der Waals surface area (Å²) in [5.74, 6) is 0.562. The van der Waals surface area contributed by atoms with Crippen LogP contribution in [0.2, 0.25) is 0 Å². The molecule has 164 valence electrons. The molecular weight excluding hydrogens is 412 g/mol. The Morgan fingerprint density at radius 3 is 2.78 bits per heavy atom. The molecule has 2 amide bonds. The number of furan rings is 1. The first-order chi connectivity index (χ1) is 15.5. The summed E-state index contributed by atoms with van der Waals surface area (Å²) in [6.07, 6.45) is 4.61. The van der Waals surface area contributed by atoms with Crippen molar-refractivity contribution in [1.82, 2.24) is 25.4 Å². The number of nitrogens with one attached hydrogen (secondary N) is 3. The van der Waals surface area contributed by atoms with Crippen LogP contribution in [-0.4, -0.2) is 33.5 Å². The second kappa shape index (κ2) is 8.90. The molecule has 4 rings (SSSR count). The zero-order valence-electron chi connectivity index (χ0n) is 17.8. The van der Waals surface area contributed by atoms with E-state index < -0.39 is 0 Å². The van der Waals surface area contributed by atoms with Gasteiger partial charge in [-0.3, -0.25) is 14.4 Å². The van der Waals surface area contributed by atoms with E-state index in [0.717, 1.165) is 11.1 Å². The molecule has 0 unspecified atom stereocenters. The Morgan fingerprint density at radius 1 is 1.19 bits per heavy atom. The molecule has 0 saturated heterocycles. The van der Waals surface area contributed by atoms with Crippen LogP contribution in [0.4, 0.5) is 11.5 Å². The molecule has 0 radical (unpaired) electrons. The van der Waals surface area contributed by atoms with Gasteiger partial charge in [0, 0.05) is 17.4 Å². The molecule has 32 heavy (non-hydrogen) atoms. The first kappa shape index (κ1) is 21.1. The fourth-order valence-electron chi connectivity index (χ4n) is 3.33. The second-order valence-corrected chi connectivity index (χ2v) is 7.12. The monoisotopic (exact) mass is 434 g/mol. The number of hydroxylamine groups is 1. The summed E-state index contributed by atoms with van der Waals surface area (Å²) in [5, 5.41) is 10.3. The third kappa shape index (κ3) is 4.16. The maximum atomic E-state index is 12.7. The molecule has 3 heterocycles. The largest absolute Gasteiger partial charge is 0.467 e. The Kier molecular flexibility index (Phi) is 5.86. The number of aryl methyl sites for hydroxylation is 2. The minimum Gasteiger partial charge on any atom is -0.467 e. The smallest absolute Gasteiger partial charge is 0.274 e. The maximum absolute atomic E-state index is 12.7. The molecule has 0 spiro atoms. The van der Waals surface area contributed by atoms with Crippen molar-refractivity contribution in [3.8, 4) is 0 Å². The van der Waals surface area contributed by atoms with Crippen molar-refractivity contribution in [3.05, 3.63) is 77.1 Å². The van der Waals surface area contributed by atoms with Crippen LogP contribution in [0.5, 0.6) is 0 Å². The molecule has 0 bridgehead atoms. The van der Waals surface area contributed by atoms with Crippen molar-refractivity contribution in [3.63, 3.8) is 0 Å². The molecule has 0 atom stereocenters. The van der Waals surface area contributed by atoms with E-state index in [9.17, 15) is 9.59 Å². The van der Waals surface area contributed by atoms with Gasteiger partial charge >= 0.3 is 0 Å². The zero-order valence-corrected chi connectivity index (χ0v) is 17.8. The molecule has 3 N–H and O–H groups in total. The van der Waals surface area contributed by atoms with E-state index in [1.54, 1.807) is 41.2 Å². The average molecular weight is 434 g/mol. The van der Waals surface area contributed by atoms with Crippen LogP contribution in [0.3, 0.4) is 0 Å². The number of fused-ring (bicyclic) bond motifs is 1. The van der Waals surface area contributed by atoms with E-state index in [2.05, 4.69) is 26.2 Å². The SMILES string of the molecule is CONC(=O)c1ccc(C)c(Nc2ncnn3cc(C(=O)NCc4ccco4)c(C)c23)c1. The van der Waals surface area contributed by atoms with Crippen molar-refractivity contribution in [1.29, 1.82) is 0 Å². The first-order valence-electron chi connectivity index (χ1n) is 9.82. The summed E-state index contributed by atoms with van der Waals surface area (Å²) >= 11 is 0. The molecule has 10 nitrogen and oxygen atoms in total. The lowest BCUT2D eigenvalue weighted by Gasteiger charge is -2.12. The van der Waals surface area contributed by atoms with Crippen LogP contribution in [0, 0.1) is 13.8 Å². The van der Waals surface area contributed by atoms with Crippen LogP contribution in [0.25, 0.3) is 5.52 Å². The first-order valence-corrected chi connectivity index (χ1v) is 9.82. The van der Waals surface area contributed by atoms with Gasteiger partial charge in [0.15, 0.2) is 5.82 Å². The molecule has 4 aromatic rings. The van der Waals surface area contributed by atoms with Crippen molar-refractivity contribution < 1.29 is 18.8 Å². The van der Waals surface area contributed by atoms with Crippen LogP contribution in [-0.2, 0) is 11.4 Å². The molecule has 0 aliphatic heterocycles. The Hall–Kier alpha value is -4.18. The molecule has 0 aliphatic rings. The predicted octanol–water partition coefficient (Wildman–Crippen LogP) is 2.90. The van der Waals surface area contributed by atoms with Gasteiger partial charge in [-0.15, -0.1) is 0 Å². The number of aromatic nitrogens is 3. The number of hydrogen-bond donors (Lipinski definition) is 3. The van der Waals surface area contributed by atoms with Crippen molar-refractivity contribution in [2.24, 2.45) is 0 Å². The van der Waals surface area contributed by atoms with E-state index in [0.29, 0.717) is 33.9 Å². The fourth-order valence-corrected chi connectivity index (χ4v) is 3.33. The minimum absolute atomic E-state index is 0.246. The van der Waals surface area contributed by atoms with Gasteiger partial charge in [-0.05, 0) is 49.2 Å². The Bertz CT molecular complexity index is 1280. The normalized spacial score (nSPS) is 10.8. The lowest BCUT2D eigenvalue weighted by molar-refractivity contribution is 0.0537. The van der Waals surface area contributed by atoms with Crippen LogP contribution in [0.15, 0.2) is 53.5 Å². The summed E-state index contributed by atoms with van der Waals surface area (Å²) in [5.41, 5.74) is 6.18. The minimum atomic E-state index is -0.363. The highest BCUT2D eigenvalue weighted by atomic mass is 16.6. The average Bonchev–Trinajstić information content (AvgIpc) is 3.42. The van der Waals surface area contributed by atoms with Gasteiger partial charge in [0.1, 0.15) is 17.6 Å².